The zero-order valence-corrected chi connectivity index (χ0v) is 12.0. The Kier molecular flexibility index (Phi) is 5.98. The molecular formula is C15H22N2O3. The predicted molar refractivity (Wildman–Crippen MR) is 75.9 cm³/mol. The first-order valence-corrected chi connectivity index (χ1v) is 7.09. The SMILES string of the molecule is CCOOC(=O)CN1CCN(Cc2ccccc2)CC1. The lowest BCUT2D eigenvalue weighted by Gasteiger charge is -2.33. The summed E-state index contributed by atoms with van der Waals surface area (Å²) >= 11 is 0. The standard InChI is InChI=1S/C15H22N2O3/c1-2-19-20-15(18)13-17-10-8-16(9-11-17)12-14-6-4-3-5-7-14/h3-7H,2,8-13H2,1H3. The Morgan fingerprint density at radius 2 is 1.75 bits per heavy atom. The summed E-state index contributed by atoms with van der Waals surface area (Å²) in [7, 11) is 0. The number of benzene rings is 1. The molecule has 1 heterocycles. The van der Waals surface area contributed by atoms with Crippen molar-refractivity contribution in [3.63, 3.8) is 0 Å². The lowest BCUT2D eigenvalue weighted by Crippen LogP contribution is -2.47. The van der Waals surface area contributed by atoms with Gasteiger partial charge in [-0.3, -0.25) is 14.7 Å². The molecule has 2 rings (SSSR count). The molecule has 20 heavy (non-hydrogen) atoms. The first kappa shape index (κ1) is 15.0. The fraction of sp³-hybridized carbons (Fsp3) is 0.533. The van der Waals surface area contributed by atoms with E-state index in [-0.39, 0.29) is 5.97 Å². The van der Waals surface area contributed by atoms with Gasteiger partial charge in [-0.15, -0.1) is 0 Å². The van der Waals surface area contributed by atoms with Gasteiger partial charge < -0.3 is 0 Å². The van der Waals surface area contributed by atoms with Crippen molar-refractivity contribution < 1.29 is 14.6 Å². The maximum absolute atomic E-state index is 11.4. The quantitative estimate of drug-likeness (QED) is 0.579. The van der Waals surface area contributed by atoms with Gasteiger partial charge in [0.05, 0.1) is 6.61 Å². The van der Waals surface area contributed by atoms with E-state index in [1.54, 1.807) is 6.92 Å². The van der Waals surface area contributed by atoms with Crippen LogP contribution in [0.3, 0.4) is 0 Å². The highest BCUT2D eigenvalue weighted by Gasteiger charge is 2.19. The number of hydrogen-bond donors (Lipinski definition) is 0. The fourth-order valence-electron chi connectivity index (χ4n) is 2.28. The topological polar surface area (TPSA) is 42.0 Å². The van der Waals surface area contributed by atoms with E-state index in [0.29, 0.717) is 13.2 Å². The molecule has 1 aliphatic rings. The summed E-state index contributed by atoms with van der Waals surface area (Å²) < 4.78 is 0. The van der Waals surface area contributed by atoms with E-state index in [1.165, 1.54) is 5.56 Å². The van der Waals surface area contributed by atoms with E-state index >= 15 is 0 Å². The van der Waals surface area contributed by atoms with Crippen LogP contribution in [-0.4, -0.2) is 55.1 Å². The molecule has 0 bridgehead atoms. The summed E-state index contributed by atoms with van der Waals surface area (Å²) in [6.07, 6.45) is 0. The Morgan fingerprint density at radius 1 is 1.10 bits per heavy atom. The van der Waals surface area contributed by atoms with Gasteiger partial charge in [-0.2, -0.15) is 4.89 Å². The molecule has 0 aliphatic carbocycles. The molecule has 0 atom stereocenters. The van der Waals surface area contributed by atoms with Crippen molar-refractivity contribution in [1.82, 2.24) is 9.80 Å². The van der Waals surface area contributed by atoms with Crippen LogP contribution in [0.2, 0.25) is 0 Å². The summed E-state index contributed by atoms with van der Waals surface area (Å²) in [5.74, 6) is -0.316. The second-order valence-electron chi connectivity index (χ2n) is 4.90. The number of hydrogen-bond acceptors (Lipinski definition) is 5. The molecule has 0 N–H and O–H groups in total. The van der Waals surface area contributed by atoms with Crippen molar-refractivity contribution in [3.05, 3.63) is 35.9 Å². The number of carbonyl (C=O) groups is 1. The molecule has 1 aliphatic heterocycles. The monoisotopic (exact) mass is 278 g/mol. The highest BCUT2D eigenvalue weighted by molar-refractivity contribution is 5.71. The smallest absolute Gasteiger partial charge is 0.297 e. The van der Waals surface area contributed by atoms with Crippen LogP contribution in [0.1, 0.15) is 12.5 Å². The Balaban J connectivity index is 1.68. The van der Waals surface area contributed by atoms with Gasteiger partial charge in [0.25, 0.3) is 0 Å². The molecule has 1 aromatic carbocycles. The van der Waals surface area contributed by atoms with Gasteiger partial charge in [-0.1, -0.05) is 30.3 Å². The Morgan fingerprint density at radius 3 is 2.40 bits per heavy atom. The third-order valence-electron chi connectivity index (χ3n) is 3.34. The molecular weight excluding hydrogens is 256 g/mol. The van der Waals surface area contributed by atoms with Gasteiger partial charge in [-0.05, 0) is 12.5 Å². The van der Waals surface area contributed by atoms with E-state index < -0.39 is 0 Å². The molecule has 0 aromatic heterocycles. The maximum Gasteiger partial charge on any atom is 0.356 e. The third kappa shape index (κ3) is 4.92. The molecule has 0 spiro atoms. The number of nitrogens with zero attached hydrogens (tertiary/aromatic N) is 2. The zero-order valence-electron chi connectivity index (χ0n) is 12.0. The molecule has 0 amide bonds. The summed E-state index contributed by atoms with van der Waals surface area (Å²) in [6.45, 7) is 7.15. The van der Waals surface area contributed by atoms with Crippen LogP contribution in [0.15, 0.2) is 30.3 Å². The van der Waals surface area contributed by atoms with Crippen LogP contribution < -0.4 is 0 Å². The van der Waals surface area contributed by atoms with Crippen LogP contribution in [0, 0.1) is 0 Å². The van der Waals surface area contributed by atoms with Gasteiger partial charge >= 0.3 is 5.97 Å². The molecule has 1 fully saturated rings. The van der Waals surface area contributed by atoms with Crippen molar-refractivity contribution in [2.24, 2.45) is 0 Å². The minimum Gasteiger partial charge on any atom is -0.297 e. The third-order valence-corrected chi connectivity index (χ3v) is 3.34. The van der Waals surface area contributed by atoms with E-state index in [9.17, 15) is 4.79 Å². The molecule has 0 unspecified atom stereocenters. The van der Waals surface area contributed by atoms with E-state index in [2.05, 4.69) is 43.8 Å². The average molecular weight is 278 g/mol. The van der Waals surface area contributed by atoms with Gasteiger partial charge in [0, 0.05) is 32.7 Å². The highest BCUT2D eigenvalue weighted by atomic mass is 17.2. The molecule has 110 valence electrons. The minimum atomic E-state index is -0.316. The largest absolute Gasteiger partial charge is 0.356 e. The van der Waals surface area contributed by atoms with Gasteiger partial charge in [0.1, 0.15) is 6.54 Å². The number of piperazine rings is 1. The van der Waals surface area contributed by atoms with E-state index in [0.717, 1.165) is 32.7 Å². The Hall–Kier alpha value is -1.43. The van der Waals surface area contributed by atoms with Crippen LogP contribution in [0.4, 0.5) is 0 Å². The van der Waals surface area contributed by atoms with Gasteiger partial charge in [0.2, 0.25) is 0 Å². The van der Waals surface area contributed by atoms with Crippen molar-refractivity contribution in [2.75, 3.05) is 39.3 Å². The van der Waals surface area contributed by atoms with Crippen molar-refractivity contribution in [2.45, 2.75) is 13.5 Å². The van der Waals surface area contributed by atoms with Crippen LogP contribution in [-0.2, 0) is 21.1 Å². The molecule has 1 aromatic rings. The Bertz CT molecular complexity index is 403. The maximum atomic E-state index is 11.4. The molecule has 5 heteroatoms. The van der Waals surface area contributed by atoms with E-state index in [1.807, 2.05) is 6.07 Å². The second kappa shape index (κ2) is 7.99. The molecule has 0 saturated carbocycles. The second-order valence-corrected chi connectivity index (χ2v) is 4.90. The lowest BCUT2D eigenvalue weighted by molar-refractivity contribution is -0.270. The zero-order chi connectivity index (χ0) is 14.2. The van der Waals surface area contributed by atoms with Crippen molar-refractivity contribution >= 4 is 5.97 Å². The normalized spacial score (nSPS) is 17.1. The molecule has 5 nitrogen and oxygen atoms in total. The molecule has 0 radical (unpaired) electrons. The summed E-state index contributed by atoms with van der Waals surface area (Å²) in [5.41, 5.74) is 1.33. The van der Waals surface area contributed by atoms with Gasteiger partial charge in [-0.25, -0.2) is 4.79 Å². The van der Waals surface area contributed by atoms with Crippen molar-refractivity contribution in [1.29, 1.82) is 0 Å². The summed E-state index contributed by atoms with van der Waals surface area (Å²) in [6, 6.07) is 10.5. The van der Waals surface area contributed by atoms with Crippen LogP contribution in [0.25, 0.3) is 0 Å². The van der Waals surface area contributed by atoms with Crippen molar-refractivity contribution in [3.8, 4) is 0 Å². The van der Waals surface area contributed by atoms with E-state index in [4.69, 9.17) is 0 Å². The number of rotatable bonds is 6. The summed E-state index contributed by atoms with van der Waals surface area (Å²) in [4.78, 5) is 25.2. The lowest BCUT2D eigenvalue weighted by atomic mass is 10.2. The van der Waals surface area contributed by atoms with Gasteiger partial charge in [0.15, 0.2) is 0 Å². The molecule has 1 saturated heterocycles. The first-order chi connectivity index (χ1) is 9.78. The summed E-state index contributed by atoms with van der Waals surface area (Å²) in [5, 5.41) is 0. The minimum absolute atomic E-state index is 0.305. The van der Waals surface area contributed by atoms with Crippen LogP contribution in [0.5, 0.6) is 0 Å². The predicted octanol–water partition coefficient (Wildman–Crippen LogP) is 1.30. The average Bonchev–Trinajstić information content (AvgIpc) is 2.48. The number of carbonyl (C=O) groups excluding carboxylic acids is 1. The highest BCUT2D eigenvalue weighted by Crippen LogP contribution is 2.08. The first-order valence-electron chi connectivity index (χ1n) is 7.09. The Labute approximate surface area is 120 Å². The fourth-order valence-corrected chi connectivity index (χ4v) is 2.28. The van der Waals surface area contributed by atoms with Crippen LogP contribution >= 0.6 is 0 Å².